The van der Waals surface area contributed by atoms with E-state index in [1.54, 1.807) is 4.40 Å². The van der Waals surface area contributed by atoms with Crippen molar-refractivity contribution in [3.8, 4) is 0 Å². The number of likely N-dealkylation sites (tertiary alicyclic amines) is 1. The van der Waals surface area contributed by atoms with Gasteiger partial charge in [0.2, 0.25) is 0 Å². The second-order valence-corrected chi connectivity index (χ2v) is 9.69. The van der Waals surface area contributed by atoms with E-state index in [0.717, 1.165) is 31.0 Å². The average molecular weight is 501 g/mol. The summed E-state index contributed by atoms with van der Waals surface area (Å²) >= 11 is 0. The quantitative estimate of drug-likeness (QED) is 0.367. The van der Waals surface area contributed by atoms with Gasteiger partial charge in [0.15, 0.2) is 0 Å². The van der Waals surface area contributed by atoms with Crippen molar-refractivity contribution in [2.24, 2.45) is 5.41 Å². The molecule has 2 aliphatic rings. The average Bonchev–Trinajstić information content (AvgIpc) is 3.37. The standard InChI is InChI=1S/C25H20F5N5O/c26-16-7-13(25(28,29)30)1-2-14(16)19-3-4-24(5-6-24)11-34(19)23(36)15-8-20-18(9-17(15)27)33-22(31)21-10-32-12-35(20)21/h1-2,7-10,12,19H,3-6,11H2,(H2,31,33). The van der Waals surface area contributed by atoms with Gasteiger partial charge >= 0.3 is 6.18 Å². The minimum atomic E-state index is -4.69. The maximum atomic E-state index is 15.2. The van der Waals surface area contributed by atoms with Crippen LogP contribution < -0.4 is 5.73 Å². The smallest absolute Gasteiger partial charge is 0.382 e. The summed E-state index contributed by atoms with van der Waals surface area (Å²) in [5.74, 6) is -2.36. The monoisotopic (exact) mass is 501 g/mol. The second-order valence-electron chi connectivity index (χ2n) is 9.69. The molecule has 2 aromatic carbocycles. The molecule has 1 aliphatic carbocycles. The van der Waals surface area contributed by atoms with Crippen LogP contribution in [0.2, 0.25) is 0 Å². The lowest BCUT2D eigenvalue weighted by molar-refractivity contribution is -0.137. The van der Waals surface area contributed by atoms with Gasteiger partial charge in [-0.1, -0.05) is 6.07 Å². The molecule has 0 radical (unpaired) electrons. The molecule has 1 unspecified atom stereocenters. The predicted octanol–water partition coefficient (Wildman–Crippen LogP) is 5.52. The Labute approximate surface area is 201 Å². The van der Waals surface area contributed by atoms with Crippen molar-refractivity contribution in [2.75, 3.05) is 12.3 Å². The van der Waals surface area contributed by atoms with Gasteiger partial charge in [-0.25, -0.2) is 18.7 Å². The van der Waals surface area contributed by atoms with E-state index in [1.807, 2.05) is 0 Å². The summed E-state index contributed by atoms with van der Waals surface area (Å²) in [7, 11) is 0. The number of carbonyl (C=O) groups is 1. The summed E-state index contributed by atoms with van der Waals surface area (Å²) in [5.41, 5.74) is 5.59. The number of halogens is 5. The molecule has 6 nitrogen and oxygen atoms in total. The van der Waals surface area contributed by atoms with E-state index < -0.39 is 35.3 Å². The Bertz CT molecular complexity index is 1540. The number of nitrogen functional groups attached to an aromatic ring is 1. The highest BCUT2D eigenvalue weighted by molar-refractivity contribution is 5.99. The molecule has 3 heterocycles. The van der Waals surface area contributed by atoms with Crippen LogP contribution in [-0.4, -0.2) is 31.7 Å². The molecule has 6 rings (SSSR count). The van der Waals surface area contributed by atoms with Crippen LogP contribution in [0.5, 0.6) is 0 Å². The summed E-state index contributed by atoms with van der Waals surface area (Å²) in [6.07, 6.45) is 1.13. The molecule has 11 heteroatoms. The number of hydrogen-bond acceptors (Lipinski definition) is 4. The van der Waals surface area contributed by atoms with E-state index in [9.17, 15) is 22.4 Å². The van der Waals surface area contributed by atoms with Crippen LogP contribution in [0.15, 0.2) is 42.9 Å². The largest absolute Gasteiger partial charge is 0.416 e. The van der Waals surface area contributed by atoms with Crippen LogP contribution in [0.4, 0.5) is 27.8 Å². The highest BCUT2D eigenvalue weighted by atomic mass is 19.4. The van der Waals surface area contributed by atoms with Crippen molar-refractivity contribution in [3.63, 3.8) is 0 Å². The van der Waals surface area contributed by atoms with E-state index in [2.05, 4.69) is 9.97 Å². The zero-order valence-electron chi connectivity index (χ0n) is 18.8. The van der Waals surface area contributed by atoms with E-state index >= 15 is 4.39 Å². The Balaban J connectivity index is 1.44. The molecule has 1 saturated carbocycles. The Morgan fingerprint density at radius 2 is 1.83 bits per heavy atom. The van der Waals surface area contributed by atoms with Gasteiger partial charge in [0.25, 0.3) is 5.91 Å². The molecule has 1 amide bonds. The molecular formula is C25H20F5N5O. The molecule has 1 atom stereocenters. The summed E-state index contributed by atoms with van der Waals surface area (Å²) in [6.45, 7) is 0.273. The topological polar surface area (TPSA) is 76.5 Å². The van der Waals surface area contributed by atoms with Crippen molar-refractivity contribution in [1.29, 1.82) is 0 Å². The lowest BCUT2D eigenvalue weighted by Gasteiger charge is -2.40. The van der Waals surface area contributed by atoms with Crippen molar-refractivity contribution < 1.29 is 26.7 Å². The van der Waals surface area contributed by atoms with E-state index in [4.69, 9.17) is 5.73 Å². The maximum absolute atomic E-state index is 15.2. The number of piperidine rings is 1. The third-order valence-corrected chi connectivity index (χ3v) is 7.43. The summed E-state index contributed by atoms with van der Waals surface area (Å²) < 4.78 is 71.0. The minimum Gasteiger partial charge on any atom is -0.382 e. The van der Waals surface area contributed by atoms with Crippen molar-refractivity contribution in [2.45, 2.75) is 37.9 Å². The van der Waals surface area contributed by atoms with Gasteiger partial charge < -0.3 is 10.6 Å². The fourth-order valence-corrected chi connectivity index (χ4v) is 5.26. The number of carbonyl (C=O) groups excluding carboxylic acids is 1. The number of hydrogen-bond donors (Lipinski definition) is 1. The fraction of sp³-hybridized carbons (Fsp3) is 0.320. The number of aromatic nitrogens is 3. The lowest BCUT2D eigenvalue weighted by atomic mass is 9.86. The van der Waals surface area contributed by atoms with Crippen LogP contribution in [0.3, 0.4) is 0 Å². The number of fused-ring (bicyclic) bond motifs is 3. The van der Waals surface area contributed by atoms with Crippen LogP contribution in [0.1, 0.15) is 53.2 Å². The minimum absolute atomic E-state index is 0.0144. The molecule has 2 N–H and O–H groups in total. The molecule has 36 heavy (non-hydrogen) atoms. The first-order valence-electron chi connectivity index (χ1n) is 11.4. The summed E-state index contributed by atoms with van der Waals surface area (Å²) in [5, 5.41) is 0. The first-order valence-corrected chi connectivity index (χ1v) is 11.4. The number of nitrogens with zero attached hydrogens (tertiary/aromatic N) is 4. The highest BCUT2D eigenvalue weighted by Crippen LogP contribution is 2.56. The van der Waals surface area contributed by atoms with Gasteiger partial charge in [-0.05, 0) is 49.3 Å². The van der Waals surface area contributed by atoms with Gasteiger partial charge in [0.05, 0.1) is 40.7 Å². The number of imidazole rings is 1. The fourth-order valence-electron chi connectivity index (χ4n) is 5.26. The molecule has 186 valence electrons. The van der Waals surface area contributed by atoms with Gasteiger partial charge in [-0.15, -0.1) is 0 Å². The Morgan fingerprint density at radius 3 is 2.53 bits per heavy atom. The summed E-state index contributed by atoms with van der Waals surface area (Å²) in [4.78, 5) is 23.4. The van der Waals surface area contributed by atoms with E-state index in [0.29, 0.717) is 29.9 Å². The normalized spacial score (nSPS) is 19.4. The Morgan fingerprint density at radius 1 is 1.06 bits per heavy atom. The number of anilines is 1. The molecule has 1 saturated heterocycles. The summed E-state index contributed by atoms with van der Waals surface area (Å²) in [6, 6.07) is 3.99. The molecular weight excluding hydrogens is 481 g/mol. The van der Waals surface area contributed by atoms with Crippen LogP contribution >= 0.6 is 0 Å². The second kappa shape index (κ2) is 7.62. The maximum Gasteiger partial charge on any atom is 0.416 e. The Hall–Kier alpha value is -3.76. The van der Waals surface area contributed by atoms with Crippen LogP contribution in [0, 0.1) is 17.0 Å². The number of rotatable bonds is 2. The van der Waals surface area contributed by atoms with E-state index in [-0.39, 0.29) is 34.4 Å². The SMILES string of the molecule is Nc1nc2cc(F)c(C(=O)N3CC4(CCC3c3ccc(C(F)(F)F)cc3F)CC4)cc2n2cncc12. The number of nitrogens with two attached hydrogens (primary N) is 1. The van der Waals surface area contributed by atoms with Crippen molar-refractivity contribution in [3.05, 3.63) is 71.2 Å². The van der Waals surface area contributed by atoms with E-state index in [1.165, 1.54) is 23.5 Å². The third-order valence-electron chi connectivity index (χ3n) is 7.43. The first kappa shape index (κ1) is 22.7. The first-order chi connectivity index (χ1) is 17.1. The van der Waals surface area contributed by atoms with Gasteiger partial charge in [-0.2, -0.15) is 13.2 Å². The zero-order valence-corrected chi connectivity index (χ0v) is 18.8. The number of amides is 1. The number of alkyl halides is 3. The molecule has 1 aliphatic heterocycles. The molecule has 2 fully saturated rings. The van der Waals surface area contributed by atoms with Crippen molar-refractivity contribution in [1.82, 2.24) is 19.3 Å². The molecule has 4 aromatic rings. The predicted molar refractivity (Wildman–Crippen MR) is 121 cm³/mol. The van der Waals surface area contributed by atoms with Gasteiger partial charge in [-0.3, -0.25) is 9.20 Å². The zero-order chi connectivity index (χ0) is 25.4. The molecule has 0 bridgehead atoms. The van der Waals surface area contributed by atoms with Crippen molar-refractivity contribution >= 4 is 28.3 Å². The molecule has 1 spiro atoms. The van der Waals surface area contributed by atoms with Crippen LogP contribution in [-0.2, 0) is 6.18 Å². The lowest BCUT2D eigenvalue weighted by Crippen LogP contribution is -2.43. The van der Waals surface area contributed by atoms with Gasteiger partial charge in [0, 0.05) is 18.2 Å². The third kappa shape index (κ3) is 3.56. The van der Waals surface area contributed by atoms with Crippen LogP contribution in [0.25, 0.3) is 16.6 Å². The Kier molecular flexibility index (Phi) is 4.80. The van der Waals surface area contributed by atoms with Gasteiger partial charge in [0.1, 0.15) is 23.0 Å². The number of benzene rings is 2. The molecule has 2 aromatic heterocycles. The highest BCUT2D eigenvalue weighted by Gasteiger charge is 2.50.